The quantitative estimate of drug-likeness (QED) is 0.134. The molecular formula is C26H26IN7O4. The Bertz CT molecular complexity index is 1510. The molecule has 1 aromatic carbocycles. The van der Waals surface area contributed by atoms with Crippen LogP contribution in [0.2, 0.25) is 0 Å². The van der Waals surface area contributed by atoms with Gasteiger partial charge in [-0.05, 0) is 19.1 Å². The second kappa shape index (κ2) is 10.9. The van der Waals surface area contributed by atoms with Gasteiger partial charge in [-0.1, -0.05) is 40.8 Å². The number of nitrogens with zero attached hydrogens (tertiary/aromatic N) is 7. The van der Waals surface area contributed by atoms with E-state index in [1.54, 1.807) is 41.2 Å². The molecule has 0 aliphatic carbocycles. The van der Waals surface area contributed by atoms with Gasteiger partial charge in [0.2, 0.25) is 0 Å². The molecule has 38 heavy (non-hydrogen) atoms. The summed E-state index contributed by atoms with van der Waals surface area (Å²) in [6, 6.07) is 9.04. The third kappa shape index (κ3) is 4.75. The summed E-state index contributed by atoms with van der Waals surface area (Å²) in [7, 11) is 1.50. The fourth-order valence-corrected chi connectivity index (χ4v) is 5.16. The smallest absolute Gasteiger partial charge is 0.295 e. The predicted octanol–water partition coefficient (Wildman–Crippen LogP) is 2.54. The van der Waals surface area contributed by atoms with Crippen molar-refractivity contribution >= 4 is 51.1 Å². The monoisotopic (exact) mass is 627 g/mol. The molecule has 196 valence electrons. The van der Waals surface area contributed by atoms with E-state index in [2.05, 4.69) is 37.7 Å². The lowest BCUT2D eigenvalue weighted by molar-refractivity contribution is -0.127. The van der Waals surface area contributed by atoms with Crippen LogP contribution in [-0.4, -0.2) is 89.4 Å². The van der Waals surface area contributed by atoms with Crippen LogP contribution >= 0.6 is 22.6 Å². The van der Waals surface area contributed by atoms with Crippen molar-refractivity contribution in [2.45, 2.75) is 13.5 Å². The van der Waals surface area contributed by atoms with E-state index in [-0.39, 0.29) is 24.6 Å². The average molecular weight is 627 g/mol. The maximum absolute atomic E-state index is 13.6. The topological polar surface area (TPSA) is 115 Å². The Kier molecular flexibility index (Phi) is 7.40. The maximum atomic E-state index is 13.6. The molecule has 4 heterocycles. The van der Waals surface area contributed by atoms with Gasteiger partial charge in [0.05, 0.1) is 29.8 Å². The first-order chi connectivity index (χ1) is 18.4. The number of carbonyl (C=O) groups is 3. The number of piperazine rings is 1. The van der Waals surface area contributed by atoms with Crippen molar-refractivity contribution in [2.75, 3.05) is 37.7 Å². The first kappa shape index (κ1) is 25.8. The normalized spacial score (nSPS) is 13.7. The number of rotatable bonds is 7. The fraction of sp³-hybridized carbons (Fsp3) is 0.308. The van der Waals surface area contributed by atoms with Crippen molar-refractivity contribution in [3.05, 3.63) is 66.0 Å². The molecule has 1 fully saturated rings. The number of hydrogen-bond donors (Lipinski definition) is 0. The zero-order valence-electron chi connectivity index (χ0n) is 21.0. The molecule has 0 saturated carbocycles. The number of aryl methyl sites for hydroxylation is 2. The van der Waals surface area contributed by atoms with Crippen molar-refractivity contribution in [3.8, 4) is 11.6 Å². The standard InChI is InChI=1S/C26H26IN7O4/c1-17-29-16-34(30-17)24-22-21(20(38-2)14-28-24)19(15-33(22)9-8-27)23(35)26(37)32-12-10-31(11-13-32)25(36)18-6-4-3-5-7-18/h3-7,14-16H,8-13H2,1-2H3. The average Bonchev–Trinajstić information content (AvgIpc) is 3.56. The van der Waals surface area contributed by atoms with Gasteiger partial charge in [0.1, 0.15) is 17.9 Å². The summed E-state index contributed by atoms with van der Waals surface area (Å²) < 4.78 is 9.80. The number of carbonyl (C=O) groups excluding carboxylic acids is 3. The number of benzene rings is 1. The highest BCUT2D eigenvalue weighted by molar-refractivity contribution is 14.1. The maximum Gasteiger partial charge on any atom is 0.295 e. The van der Waals surface area contributed by atoms with E-state index in [0.717, 1.165) is 4.43 Å². The summed E-state index contributed by atoms with van der Waals surface area (Å²) in [5, 5.41) is 4.89. The number of ether oxygens (including phenoxy) is 1. The Labute approximate surface area is 232 Å². The number of pyridine rings is 1. The Hall–Kier alpha value is -3.81. The number of hydrogen-bond acceptors (Lipinski definition) is 7. The highest BCUT2D eigenvalue weighted by atomic mass is 127. The van der Waals surface area contributed by atoms with Crippen molar-refractivity contribution in [1.82, 2.24) is 34.1 Å². The van der Waals surface area contributed by atoms with Gasteiger partial charge in [-0.25, -0.2) is 14.6 Å². The SMILES string of the molecule is COc1cnc(-n2cnc(C)n2)c2c1c(C(=O)C(=O)N1CCN(C(=O)c3ccccc3)CC1)cn2CCI. The van der Waals surface area contributed by atoms with Crippen LogP contribution in [0.15, 0.2) is 49.1 Å². The number of Topliss-reactive ketones (excluding diaryl/α,β-unsaturated/α-hetero) is 1. The number of amides is 2. The van der Waals surface area contributed by atoms with E-state index >= 15 is 0 Å². The number of aromatic nitrogens is 5. The molecular weight excluding hydrogens is 601 g/mol. The van der Waals surface area contributed by atoms with E-state index in [1.807, 2.05) is 22.8 Å². The van der Waals surface area contributed by atoms with Crippen LogP contribution in [-0.2, 0) is 11.3 Å². The van der Waals surface area contributed by atoms with Crippen LogP contribution in [0, 0.1) is 6.92 Å². The van der Waals surface area contributed by atoms with Gasteiger partial charge >= 0.3 is 0 Å². The Morgan fingerprint density at radius 3 is 2.37 bits per heavy atom. The van der Waals surface area contributed by atoms with Gasteiger partial charge in [0.25, 0.3) is 17.6 Å². The number of halogens is 1. The predicted molar refractivity (Wildman–Crippen MR) is 148 cm³/mol. The molecule has 0 unspecified atom stereocenters. The Morgan fingerprint density at radius 1 is 1.03 bits per heavy atom. The van der Waals surface area contributed by atoms with Crippen LogP contribution in [0.3, 0.4) is 0 Å². The number of methoxy groups -OCH3 is 1. The minimum atomic E-state index is -0.629. The van der Waals surface area contributed by atoms with Crippen molar-refractivity contribution in [2.24, 2.45) is 0 Å². The minimum Gasteiger partial charge on any atom is -0.494 e. The molecule has 0 bridgehead atoms. The van der Waals surface area contributed by atoms with E-state index in [1.165, 1.54) is 18.2 Å². The lowest BCUT2D eigenvalue weighted by atomic mass is 10.1. The second-order valence-corrected chi connectivity index (χ2v) is 9.89. The molecule has 4 aromatic rings. The second-order valence-electron chi connectivity index (χ2n) is 8.81. The van der Waals surface area contributed by atoms with Crippen LogP contribution < -0.4 is 4.74 Å². The summed E-state index contributed by atoms with van der Waals surface area (Å²) in [6.45, 7) is 3.63. The van der Waals surface area contributed by atoms with Crippen LogP contribution in [0.5, 0.6) is 5.75 Å². The molecule has 0 radical (unpaired) electrons. The van der Waals surface area contributed by atoms with Gasteiger partial charge in [-0.2, -0.15) is 5.10 Å². The zero-order valence-corrected chi connectivity index (χ0v) is 23.2. The molecule has 2 amide bonds. The van der Waals surface area contributed by atoms with Crippen molar-refractivity contribution in [1.29, 1.82) is 0 Å². The number of ketones is 1. The van der Waals surface area contributed by atoms with Crippen molar-refractivity contribution < 1.29 is 19.1 Å². The van der Waals surface area contributed by atoms with Crippen LogP contribution in [0.1, 0.15) is 26.5 Å². The van der Waals surface area contributed by atoms with E-state index < -0.39 is 11.7 Å². The molecule has 5 rings (SSSR count). The molecule has 0 spiro atoms. The first-order valence-corrected chi connectivity index (χ1v) is 13.6. The summed E-state index contributed by atoms with van der Waals surface area (Å²) in [5.41, 5.74) is 1.49. The van der Waals surface area contributed by atoms with Crippen LogP contribution in [0.4, 0.5) is 0 Å². The zero-order chi connectivity index (χ0) is 26.8. The Balaban J connectivity index is 1.44. The molecule has 0 atom stereocenters. The molecule has 1 aliphatic rings. The minimum absolute atomic E-state index is 0.0843. The van der Waals surface area contributed by atoms with E-state index in [9.17, 15) is 14.4 Å². The molecule has 12 heteroatoms. The van der Waals surface area contributed by atoms with Crippen molar-refractivity contribution in [3.63, 3.8) is 0 Å². The Morgan fingerprint density at radius 2 is 1.74 bits per heavy atom. The fourth-order valence-electron chi connectivity index (χ4n) is 4.64. The lowest BCUT2D eigenvalue weighted by Gasteiger charge is -2.34. The third-order valence-electron chi connectivity index (χ3n) is 6.52. The van der Waals surface area contributed by atoms with Gasteiger partial charge in [-0.15, -0.1) is 0 Å². The number of alkyl halides is 1. The summed E-state index contributed by atoms with van der Waals surface area (Å²) in [4.78, 5) is 51.8. The first-order valence-electron chi connectivity index (χ1n) is 12.1. The van der Waals surface area contributed by atoms with Gasteiger partial charge in [0.15, 0.2) is 5.82 Å². The van der Waals surface area contributed by atoms with Gasteiger partial charge < -0.3 is 19.1 Å². The molecule has 1 saturated heterocycles. The summed E-state index contributed by atoms with van der Waals surface area (Å²) >= 11 is 2.26. The molecule has 3 aromatic heterocycles. The summed E-state index contributed by atoms with van der Waals surface area (Å²) in [5.74, 6) is 0.142. The van der Waals surface area contributed by atoms with E-state index in [0.29, 0.717) is 53.5 Å². The molecule has 0 N–H and O–H groups in total. The third-order valence-corrected chi connectivity index (χ3v) is 7.01. The van der Waals surface area contributed by atoms with Gasteiger partial charge in [-0.3, -0.25) is 14.4 Å². The highest BCUT2D eigenvalue weighted by Gasteiger charge is 2.32. The lowest BCUT2D eigenvalue weighted by Crippen LogP contribution is -2.52. The van der Waals surface area contributed by atoms with Gasteiger partial charge in [0, 0.05) is 48.9 Å². The number of fused-ring (bicyclic) bond motifs is 1. The molecule has 1 aliphatic heterocycles. The largest absolute Gasteiger partial charge is 0.494 e. The highest BCUT2D eigenvalue weighted by Crippen LogP contribution is 2.34. The van der Waals surface area contributed by atoms with Crippen LogP contribution in [0.25, 0.3) is 16.7 Å². The van der Waals surface area contributed by atoms with E-state index in [4.69, 9.17) is 4.74 Å². The summed E-state index contributed by atoms with van der Waals surface area (Å²) in [6.07, 6.45) is 4.78. The molecule has 11 nitrogen and oxygen atoms in total.